The van der Waals surface area contributed by atoms with Gasteiger partial charge >= 0.3 is 0 Å². The van der Waals surface area contributed by atoms with Crippen LogP contribution in [0, 0.1) is 6.92 Å². The number of rotatable bonds is 5. The number of aryl methyl sites for hydroxylation is 1. The van der Waals surface area contributed by atoms with E-state index in [9.17, 15) is 0 Å². The normalized spacial score (nSPS) is 10.5. The molecule has 2 N–H and O–H groups in total. The molecule has 0 saturated carbocycles. The molecule has 0 spiro atoms. The summed E-state index contributed by atoms with van der Waals surface area (Å²) in [6.45, 7) is 4.73. The fourth-order valence-electron chi connectivity index (χ4n) is 2.24. The summed E-state index contributed by atoms with van der Waals surface area (Å²) >= 11 is 6.20. The van der Waals surface area contributed by atoms with Gasteiger partial charge in [-0.1, -0.05) is 17.7 Å². The zero-order chi connectivity index (χ0) is 16.9. The SMILES string of the molecule is CCNc1nc(Nc2ccc(C)c(Cl)c2)cc(-c2ccncc2)n1. The lowest BCUT2D eigenvalue weighted by Crippen LogP contribution is -2.05. The average molecular weight is 340 g/mol. The summed E-state index contributed by atoms with van der Waals surface area (Å²) < 4.78 is 0. The van der Waals surface area contributed by atoms with Crippen molar-refractivity contribution in [3.63, 3.8) is 0 Å². The van der Waals surface area contributed by atoms with Gasteiger partial charge in [-0.2, -0.15) is 4.98 Å². The molecule has 122 valence electrons. The molecule has 6 heteroatoms. The predicted molar refractivity (Wildman–Crippen MR) is 98.9 cm³/mol. The summed E-state index contributed by atoms with van der Waals surface area (Å²) in [6, 6.07) is 11.6. The Morgan fingerprint density at radius 2 is 1.83 bits per heavy atom. The summed E-state index contributed by atoms with van der Waals surface area (Å²) in [7, 11) is 0. The number of benzene rings is 1. The smallest absolute Gasteiger partial charge is 0.225 e. The minimum Gasteiger partial charge on any atom is -0.354 e. The second kappa shape index (κ2) is 7.27. The topological polar surface area (TPSA) is 62.7 Å². The molecule has 0 aliphatic carbocycles. The van der Waals surface area contributed by atoms with E-state index in [2.05, 4.69) is 25.6 Å². The van der Waals surface area contributed by atoms with Crippen molar-refractivity contribution in [3.05, 3.63) is 59.4 Å². The Hall–Kier alpha value is -2.66. The molecule has 3 aromatic rings. The van der Waals surface area contributed by atoms with Crippen LogP contribution in [0.4, 0.5) is 17.5 Å². The highest BCUT2D eigenvalue weighted by atomic mass is 35.5. The lowest BCUT2D eigenvalue weighted by molar-refractivity contribution is 1.09. The van der Waals surface area contributed by atoms with Crippen LogP contribution in [0.5, 0.6) is 0 Å². The zero-order valence-electron chi connectivity index (χ0n) is 13.5. The van der Waals surface area contributed by atoms with E-state index in [0.717, 1.165) is 34.1 Å². The van der Waals surface area contributed by atoms with E-state index in [4.69, 9.17) is 11.6 Å². The van der Waals surface area contributed by atoms with Crippen LogP contribution >= 0.6 is 11.6 Å². The first-order valence-electron chi connectivity index (χ1n) is 7.72. The molecule has 0 atom stereocenters. The zero-order valence-corrected chi connectivity index (χ0v) is 14.3. The van der Waals surface area contributed by atoms with Crippen molar-refractivity contribution < 1.29 is 0 Å². The van der Waals surface area contributed by atoms with Gasteiger partial charge in [-0.05, 0) is 43.7 Å². The van der Waals surface area contributed by atoms with E-state index in [1.165, 1.54) is 0 Å². The van der Waals surface area contributed by atoms with Gasteiger partial charge in [0.05, 0.1) is 5.69 Å². The molecule has 0 fully saturated rings. The highest BCUT2D eigenvalue weighted by Gasteiger charge is 2.07. The minimum absolute atomic E-state index is 0.576. The summed E-state index contributed by atoms with van der Waals surface area (Å²) in [4.78, 5) is 13.1. The van der Waals surface area contributed by atoms with Crippen molar-refractivity contribution in [2.45, 2.75) is 13.8 Å². The van der Waals surface area contributed by atoms with Gasteiger partial charge in [0.15, 0.2) is 0 Å². The third-order valence-electron chi connectivity index (χ3n) is 3.48. The monoisotopic (exact) mass is 339 g/mol. The van der Waals surface area contributed by atoms with Crippen LogP contribution in [0.2, 0.25) is 5.02 Å². The number of nitrogens with one attached hydrogen (secondary N) is 2. The summed E-state index contributed by atoms with van der Waals surface area (Å²) in [5, 5.41) is 7.17. The number of aromatic nitrogens is 3. The van der Waals surface area contributed by atoms with Crippen LogP contribution in [0.1, 0.15) is 12.5 Å². The predicted octanol–water partition coefficient (Wildman–Crippen LogP) is 4.68. The Kier molecular flexibility index (Phi) is 4.91. The summed E-state index contributed by atoms with van der Waals surface area (Å²) in [6.07, 6.45) is 3.49. The average Bonchev–Trinajstić information content (AvgIpc) is 2.59. The molecule has 1 aromatic carbocycles. The summed E-state index contributed by atoms with van der Waals surface area (Å²) in [5.74, 6) is 1.28. The standard InChI is InChI=1S/C18H18ClN5/c1-3-21-18-23-16(13-6-8-20-9-7-13)11-17(24-18)22-14-5-4-12(2)15(19)10-14/h4-11H,3H2,1-2H3,(H2,21,22,23,24). The van der Waals surface area contributed by atoms with Crippen molar-refractivity contribution in [1.29, 1.82) is 0 Å². The fourth-order valence-corrected chi connectivity index (χ4v) is 2.42. The molecule has 2 heterocycles. The van der Waals surface area contributed by atoms with Crippen molar-refractivity contribution in [2.24, 2.45) is 0 Å². The molecule has 0 unspecified atom stereocenters. The Labute approximate surface area is 146 Å². The first-order valence-corrected chi connectivity index (χ1v) is 8.10. The molecular formula is C18H18ClN5. The number of hydrogen-bond acceptors (Lipinski definition) is 5. The fraction of sp³-hybridized carbons (Fsp3) is 0.167. The number of pyridine rings is 1. The molecule has 0 bridgehead atoms. The maximum absolute atomic E-state index is 6.20. The van der Waals surface area contributed by atoms with Crippen molar-refractivity contribution >= 4 is 29.1 Å². The van der Waals surface area contributed by atoms with Crippen LogP contribution in [-0.2, 0) is 0 Å². The Morgan fingerprint density at radius 1 is 1.04 bits per heavy atom. The second-order valence-electron chi connectivity index (χ2n) is 5.32. The van der Waals surface area contributed by atoms with Crippen LogP contribution in [0.25, 0.3) is 11.3 Å². The first kappa shape index (κ1) is 16.2. The highest BCUT2D eigenvalue weighted by molar-refractivity contribution is 6.31. The molecular weight excluding hydrogens is 322 g/mol. The molecule has 3 rings (SSSR count). The van der Waals surface area contributed by atoms with Gasteiger partial charge in [0.25, 0.3) is 0 Å². The molecule has 2 aromatic heterocycles. The van der Waals surface area contributed by atoms with Gasteiger partial charge in [-0.3, -0.25) is 4.98 Å². The van der Waals surface area contributed by atoms with Crippen LogP contribution in [0.15, 0.2) is 48.8 Å². The third kappa shape index (κ3) is 3.81. The van der Waals surface area contributed by atoms with Gasteiger partial charge in [-0.25, -0.2) is 4.98 Å². The highest BCUT2D eigenvalue weighted by Crippen LogP contribution is 2.25. The molecule has 0 aliphatic heterocycles. The van der Waals surface area contributed by atoms with E-state index in [1.807, 2.05) is 50.2 Å². The Bertz CT molecular complexity index is 836. The van der Waals surface area contributed by atoms with E-state index >= 15 is 0 Å². The van der Waals surface area contributed by atoms with Crippen LogP contribution in [0.3, 0.4) is 0 Å². The van der Waals surface area contributed by atoms with Crippen molar-refractivity contribution in [2.75, 3.05) is 17.2 Å². The molecule has 24 heavy (non-hydrogen) atoms. The van der Waals surface area contributed by atoms with E-state index < -0.39 is 0 Å². The van der Waals surface area contributed by atoms with Crippen LogP contribution in [-0.4, -0.2) is 21.5 Å². The maximum atomic E-state index is 6.20. The number of hydrogen-bond donors (Lipinski definition) is 2. The van der Waals surface area contributed by atoms with Crippen molar-refractivity contribution in [1.82, 2.24) is 15.0 Å². The van der Waals surface area contributed by atoms with Gasteiger partial charge in [-0.15, -0.1) is 0 Å². The lowest BCUT2D eigenvalue weighted by atomic mass is 10.2. The maximum Gasteiger partial charge on any atom is 0.225 e. The van der Waals surface area contributed by atoms with E-state index in [-0.39, 0.29) is 0 Å². The largest absolute Gasteiger partial charge is 0.354 e. The molecule has 0 radical (unpaired) electrons. The first-order chi connectivity index (χ1) is 11.7. The van der Waals surface area contributed by atoms with Gasteiger partial charge < -0.3 is 10.6 Å². The Balaban J connectivity index is 1.97. The number of anilines is 3. The van der Waals surface area contributed by atoms with Gasteiger partial charge in [0, 0.05) is 41.3 Å². The second-order valence-corrected chi connectivity index (χ2v) is 5.72. The minimum atomic E-state index is 0.576. The van der Waals surface area contributed by atoms with Gasteiger partial charge in [0.1, 0.15) is 5.82 Å². The van der Waals surface area contributed by atoms with E-state index in [0.29, 0.717) is 11.8 Å². The van der Waals surface area contributed by atoms with Gasteiger partial charge in [0.2, 0.25) is 5.95 Å². The molecule has 0 saturated heterocycles. The molecule has 0 amide bonds. The number of halogens is 1. The van der Waals surface area contributed by atoms with E-state index in [1.54, 1.807) is 12.4 Å². The lowest BCUT2D eigenvalue weighted by Gasteiger charge is -2.11. The molecule has 5 nitrogen and oxygen atoms in total. The van der Waals surface area contributed by atoms with Crippen LogP contribution < -0.4 is 10.6 Å². The van der Waals surface area contributed by atoms with Crippen molar-refractivity contribution in [3.8, 4) is 11.3 Å². The number of nitrogens with zero attached hydrogens (tertiary/aromatic N) is 3. The molecule has 0 aliphatic rings. The quantitative estimate of drug-likeness (QED) is 0.707. The third-order valence-corrected chi connectivity index (χ3v) is 3.89. The Morgan fingerprint density at radius 3 is 2.54 bits per heavy atom. The summed E-state index contributed by atoms with van der Waals surface area (Å²) in [5.41, 5.74) is 3.73.